The minimum Gasteiger partial charge on any atom is -0.399 e. The maximum absolute atomic E-state index is 5.80. The first-order valence-corrected chi connectivity index (χ1v) is 11.8. The van der Waals surface area contributed by atoms with Gasteiger partial charge in [-0.2, -0.15) is 0 Å². The van der Waals surface area contributed by atoms with Crippen molar-refractivity contribution in [1.29, 1.82) is 0 Å². The van der Waals surface area contributed by atoms with Crippen LogP contribution in [-0.4, -0.2) is 34.7 Å². The molecule has 24 heavy (non-hydrogen) atoms. The number of nitrogens with zero attached hydrogens (tertiary/aromatic N) is 4. The molecule has 1 aromatic carbocycles. The predicted octanol–water partition coefficient (Wildman–Crippen LogP) is 3.39. The number of fused-ring (bicyclic) bond motifs is 1. The van der Waals surface area contributed by atoms with Crippen LogP contribution in [0.15, 0.2) is 36.5 Å². The van der Waals surface area contributed by atoms with E-state index in [1.54, 1.807) is 4.68 Å². The number of anilines is 1. The van der Waals surface area contributed by atoms with Crippen LogP contribution >= 0.6 is 0 Å². The molecule has 0 aliphatic heterocycles. The van der Waals surface area contributed by atoms with E-state index < -0.39 is 8.07 Å². The van der Waals surface area contributed by atoms with Crippen LogP contribution in [0, 0.1) is 0 Å². The molecule has 3 aromatic rings. The van der Waals surface area contributed by atoms with Gasteiger partial charge >= 0.3 is 0 Å². The van der Waals surface area contributed by atoms with Crippen molar-refractivity contribution in [3.8, 4) is 11.4 Å². The molecule has 0 bridgehead atoms. The topological polar surface area (TPSA) is 78.9 Å². The number of hydrogen-bond acceptors (Lipinski definition) is 5. The van der Waals surface area contributed by atoms with Crippen LogP contribution in [0.2, 0.25) is 25.7 Å². The highest BCUT2D eigenvalue weighted by Crippen LogP contribution is 2.20. The van der Waals surface area contributed by atoms with Gasteiger partial charge in [-0.25, -0.2) is 9.67 Å². The second kappa shape index (κ2) is 6.70. The molecule has 0 aliphatic carbocycles. The third kappa shape index (κ3) is 4.18. The van der Waals surface area contributed by atoms with Crippen LogP contribution in [-0.2, 0) is 11.5 Å². The zero-order valence-electron chi connectivity index (χ0n) is 14.4. The molecular formula is C17H23N5OSi. The lowest BCUT2D eigenvalue weighted by Crippen LogP contribution is -2.22. The van der Waals surface area contributed by atoms with Crippen molar-refractivity contribution in [2.24, 2.45) is 0 Å². The molecule has 7 heteroatoms. The largest absolute Gasteiger partial charge is 0.399 e. The Morgan fingerprint density at radius 1 is 1.12 bits per heavy atom. The van der Waals surface area contributed by atoms with Crippen molar-refractivity contribution >= 4 is 24.7 Å². The zero-order chi connectivity index (χ0) is 17.2. The van der Waals surface area contributed by atoms with Gasteiger partial charge in [0.2, 0.25) is 0 Å². The summed E-state index contributed by atoms with van der Waals surface area (Å²) in [6.07, 6.45) is 1.86. The van der Waals surface area contributed by atoms with E-state index in [0.717, 1.165) is 40.6 Å². The van der Waals surface area contributed by atoms with Crippen LogP contribution in [0.3, 0.4) is 0 Å². The number of pyridine rings is 1. The standard InChI is InChI=1S/C17H23N5OSi/c1-24(2,3)9-8-23-12-22-11-17(20-21-22)16-6-4-13-10-14(18)5-7-15(13)19-16/h4-7,10-11H,8-9,12,18H2,1-3H3. The number of rotatable bonds is 6. The average Bonchev–Trinajstić information content (AvgIpc) is 2.99. The SMILES string of the molecule is C[Si](C)(C)CCOCn1cc(-c2ccc3cc(N)ccc3n2)nn1. The summed E-state index contributed by atoms with van der Waals surface area (Å²) in [5.74, 6) is 0. The van der Waals surface area contributed by atoms with E-state index >= 15 is 0 Å². The predicted molar refractivity (Wildman–Crippen MR) is 99.3 cm³/mol. The van der Waals surface area contributed by atoms with Gasteiger partial charge in [-0.15, -0.1) is 5.10 Å². The van der Waals surface area contributed by atoms with E-state index in [9.17, 15) is 0 Å². The van der Waals surface area contributed by atoms with Gasteiger partial charge in [0, 0.05) is 25.8 Å². The molecule has 3 rings (SSSR count). The number of nitrogen functional groups attached to an aromatic ring is 1. The second-order valence-electron chi connectivity index (χ2n) is 7.14. The fourth-order valence-electron chi connectivity index (χ4n) is 2.30. The summed E-state index contributed by atoms with van der Waals surface area (Å²) in [6, 6.07) is 10.7. The first-order chi connectivity index (χ1) is 11.4. The molecule has 0 aliphatic rings. The monoisotopic (exact) mass is 341 g/mol. The Hall–Kier alpha value is -2.25. The highest BCUT2D eigenvalue weighted by molar-refractivity contribution is 6.76. The van der Waals surface area contributed by atoms with E-state index in [4.69, 9.17) is 10.5 Å². The third-order valence-corrected chi connectivity index (χ3v) is 5.44. The van der Waals surface area contributed by atoms with Crippen LogP contribution in [0.25, 0.3) is 22.3 Å². The average molecular weight is 341 g/mol. The number of hydrogen-bond donors (Lipinski definition) is 1. The normalized spacial score (nSPS) is 12.0. The van der Waals surface area contributed by atoms with Gasteiger partial charge in [-0.3, -0.25) is 0 Å². The minimum atomic E-state index is -1.06. The molecule has 2 heterocycles. The van der Waals surface area contributed by atoms with E-state index in [1.807, 2.05) is 36.5 Å². The van der Waals surface area contributed by atoms with Gasteiger partial charge in [0.05, 0.1) is 17.4 Å². The third-order valence-electron chi connectivity index (χ3n) is 3.73. The fourth-order valence-corrected chi connectivity index (χ4v) is 3.06. The van der Waals surface area contributed by atoms with E-state index in [-0.39, 0.29) is 0 Å². The molecule has 0 atom stereocenters. The summed E-state index contributed by atoms with van der Waals surface area (Å²) in [6.45, 7) is 8.19. The van der Waals surface area contributed by atoms with Crippen LogP contribution in [0.5, 0.6) is 0 Å². The maximum Gasteiger partial charge on any atom is 0.141 e. The Labute approximate surface area is 142 Å². The van der Waals surface area contributed by atoms with Gasteiger partial charge in [-0.05, 0) is 30.3 Å². The van der Waals surface area contributed by atoms with Crippen molar-refractivity contribution in [3.05, 3.63) is 36.5 Å². The number of ether oxygens (including phenoxy) is 1. The van der Waals surface area contributed by atoms with E-state index in [2.05, 4.69) is 34.9 Å². The van der Waals surface area contributed by atoms with Gasteiger partial charge in [0.25, 0.3) is 0 Å². The van der Waals surface area contributed by atoms with Crippen LogP contribution < -0.4 is 5.73 Å². The summed E-state index contributed by atoms with van der Waals surface area (Å²) < 4.78 is 7.39. The molecule has 0 spiro atoms. The highest BCUT2D eigenvalue weighted by Gasteiger charge is 2.12. The Morgan fingerprint density at radius 2 is 1.96 bits per heavy atom. The number of aromatic nitrogens is 4. The summed E-state index contributed by atoms with van der Waals surface area (Å²) in [5, 5.41) is 9.32. The molecule has 0 fully saturated rings. The summed E-state index contributed by atoms with van der Waals surface area (Å²) in [4.78, 5) is 4.62. The van der Waals surface area contributed by atoms with Crippen molar-refractivity contribution in [2.75, 3.05) is 12.3 Å². The molecule has 0 amide bonds. The lowest BCUT2D eigenvalue weighted by Gasteiger charge is -2.15. The molecule has 2 N–H and O–H groups in total. The quantitative estimate of drug-likeness (QED) is 0.422. The van der Waals surface area contributed by atoms with Crippen molar-refractivity contribution in [1.82, 2.24) is 20.0 Å². The van der Waals surface area contributed by atoms with Crippen LogP contribution in [0.1, 0.15) is 0 Å². The summed E-state index contributed by atoms with van der Waals surface area (Å²) in [5.41, 5.74) is 8.95. The Balaban J connectivity index is 1.68. The molecular weight excluding hydrogens is 318 g/mol. The van der Waals surface area contributed by atoms with Gasteiger partial charge in [0.15, 0.2) is 0 Å². The fraction of sp³-hybridized carbons (Fsp3) is 0.353. The maximum atomic E-state index is 5.80. The van der Waals surface area contributed by atoms with Crippen molar-refractivity contribution in [3.63, 3.8) is 0 Å². The van der Waals surface area contributed by atoms with Gasteiger partial charge < -0.3 is 10.5 Å². The molecule has 0 saturated heterocycles. The van der Waals surface area contributed by atoms with Gasteiger partial charge in [-0.1, -0.05) is 30.9 Å². The summed E-state index contributed by atoms with van der Waals surface area (Å²) >= 11 is 0. The second-order valence-corrected chi connectivity index (χ2v) is 12.8. The highest BCUT2D eigenvalue weighted by atomic mass is 28.3. The van der Waals surface area contributed by atoms with E-state index in [0.29, 0.717) is 6.73 Å². The smallest absolute Gasteiger partial charge is 0.141 e. The van der Waals surface area contributed by atoms with Crippen LogP contribution in [0.4, 0.5) is 5.69 Å². The van der Waals surface area contributed by atoms with Crippen molar-refractivity contribution < 1.29 is 4.74 Å². The molecule has 2 aromatic heterocycles. The van der Waals surface area contributed by atoms with Crippen molar-refractivity contribution in [2.45, 2.75) is 32.4 Å². The number of nitrogens with two attached hydrogens (primary N) is 1. The molecule has 0 unspecified atom stereocenters. The van der Waals surface area contributed by atoms with Gasteiger partial charge in [0.1, 0.15) is 12.4 Å². The minimum absolute atomic E-state index is 0.418. The Bertz CT molecular complexity index is 840. The first kappa shape index (κ1) is 16.6. The summed E-state index contributed by atoms with van der Waals surface area (Å²) in [7, 11) is -1.06. The Kier molecular flexibility index (Phi) is 4.63. The lowest BCUT2D eigenvalue weighted by molar-refractivity contribution is 0.0772. The molecule has 6 nitrogen and oxygen atoms in total. The lowest BCUT2D eigenvalue weighted by atomic mass is 10.1. The zero-order valence-corrected chi connectivity index (χ0v) is 15.4. The molecule has 126 valence electrons. The first-order valence-electron chi connectivity index (χ1n) is 8.05. The van der Waals surface area contributed by atoms with E-state index in [1.165, 1.54) is 0 Å². The molecule has 0 saturated carbocycles. The number of benzene rings is 1. The molecule has 0 radical (unpaired) electrons. The Morgan fingerprint density at radius 3 is 2.75 bits per heavy atom.